The highest BCUT2D eigenvalue weighted by molar-refractivity contribution is 6.08. The predicted octanol–water partition coefficient (Wildman–Crippen LogP) is 3.21. The molecule has 0 saturated carbocycles. The Hall–Kier alpha value is -2.29. The molecule has 92 valence electrons. The van der Waals surface area contributed by atoms with Crippen molar-refractivity contribution in [2.45, 2.75) is 13.3 Å². The minimum absolute atomic E-state index is 0.104. The number of allylic oxidation sites excluding steroid dienone is 4. The zero-order valence-electron chi connectivity index (χ0n) is 10.4. The molecule has 1 aromatic heterocycles. The number of carbonyl (C=O) groups excluding carboxylic acids is 1. The molecular formula is C15H16N2O. The SMILES string of the molecule is C=C/C(C(=O)/C=C/c1cccnc1)=C(\C)CC=N. The van der Waals surface area contributed by atoms with Gasteiger partial charge in [0, 0.05) is 24.4 Å². The van der Waals surface area contributed by atoms with Crippen LogP contribution >= 0.6 is 0 Å². The number of carbonyl (C=O) groups is 1. The van der Waals surface area contributed by atoms with Crippen molar-refractivity contribution in [2.24, 2.45) is 0 Å². The fourth-order valence-electron chi connectivity index (χ4n) is 1.48. The molecule has 3 nitrogen and oxygen atoms in total. The first-order valence-corrected chi connectivity index (χ1v) is 5.62. The number of nitrogens with zero attached hydrogens (tertiary/aromatic N) is 1. The van der Waals surface area contributed by atoms with E-state index in [1.165, 1.54) is 18.4 Å². The van der Waals surface area contributed by atoms with Gasteiger partial charge >= 0.3 is 0 Å². The van der Waals surface area contributed by atoms with Crippen LogP contribution in [0.15, 0.2) is 54.4 Å². The maximum absolute atomic E-state index is 12.0. The van der Waals surface area contributed by atoms with Gasteiger partial charge in [-0.1, -0.05) is 24.3 Å². The monoisotopic (exact) mass is 240 g/mol. The molecule has 0 aliphatic rings. The summed E-state index contributed by atoms with van der Waals surface area (Å²) in [6, 6.07) is 3.69. The molecule has 0 aliphatic carbocycles. The molecule has 1 rings (SSSR count). The summed E-state index contributed by atoms with van der Waals surface area (Å²) in [5.41, 5.74) is 2.28. The van der Waals surface area contributed by atoms with E-state index in [0.29, 0.717) is 12.0 Å². The second-order valence-electron chi connectivity index (χ2n) is 3.79. The largest absolute Gasteiger partial charge is 0.313 e. The number of aromatic nitrogens is 1. The predicted molar refractivity (Wildman–Crippen MR) is 74.6 cm³/mol. The zero-order chi connectivity index (χ0) is 13.4. The zero-order valence-corrected chi connectivity index (χ0v) is 10.4. The summed E-state index contributed by atoms with van der Waals surface area (Å²) in [7, 11) is 0. The second-order valence-corrected chi connectivity index (χ2v) is 3.79. The Morgan fingerprint density at radius 1 is 1.56 bits per heavy atom. The Bertz CT molecular complexity index is 498. The number of hydrogen-bond acceptors (Lipinski definition) is 3. The van der Waals surface area contributed by atoms with Gasteiger partial charge in [-0.05, 0) is 36.9 Å². The van der Waals surface area contributed by atoms with Gasteiger partial charge in [-0.2, -0.15) is 0 Å². The topological polar surface area (TPSA) is 53.8 Å². The minimum Gasteiger partial charge on any atom is -0.313 e. The summed E-state index contributed by atoms with van der Waals surface area (Å²) in [4.78, 5) is 15.9. The van der Waals surface area contributed by atoms with Crippen molar-refractivity contribution in [2.75, 3.05) is 0 Å². The lowest BCUT2D eigenvalue weighted by atomic mass is 10.0. The van der Waals surface area contributed by atoms with Crippen molar-refractivity contribution in [3.05, 3.63) is 60.0 Å². The summed E-state index contributed by atoms with van der Waals surface area (Å²) in [6.07, 6.45) is 9.87. The number of pyridine rings is 1. The van der Waals surface area contributed by atoms with Crippen LogP contribution in [0.1, 0.15) is 18.9 Å². The molecule has 1 N–H and O–H groups in total. The lowest BCUT2D eigenvalue weighted by Crippen LogP contribution is -1.99. The van der Waals surface area contributed by atoms with Gasteiger partial charge < -0.3 is 5.41 Å². The van der Waals surface area contributed by atoms with E-state index >= 15 is 0 Å². The van der Waals surface area contributed by atoms with Crippen LogP contribution in [0, 0.1) is 5.41 Å². The average molecular weight is 240 g/mol. The van der Waals surface area contributed by atoms with Gasteiger partial charge in [0.1, 0.15) is 0 Å². The van der Waals surface area contributed by atoms with E-state index in [1.807, 2.05) is 19.1 Å². The first kappa shape index (κ1) is 13.8. The number of nitrogens with one attached hydrogen (secondary N) is 1. The molecule has 18 heavy (non-hydrogen) atoms. The molecule has 0 spiro atoms. The van der Waals surface area contributed by atoms with Crippen molar-refractivity contribution in [1.82, 2.24) is 4.98 Å². The fraction of sp³-hybridized carbons (Fsp3) is 0.133. The first-order chi connectivity index (χ1) is 8.69. The highest BCUT2D eigenvalue weighted by atomic mass is 16.1. The van der Waals surface area contributed by atoms with Gasteiger partial charge in [0.15, 0.2) is 5.78 Å². The Morgan fingerprint density at radius 2 is 2.33 bits per heavy atom. The second kappa shape index (κ2) is 7.12. The molecule has 0 saturated heterocycles. The standard InChI is InChI=1S/C15H16N2O/c1-3-14(12(2)8-9-16)15(18)7-6-13-5-4-10-17-11-13/h3-7,9-11,16H,1,8H2,2H3/b7-6+,14-12-,16-9?. The first-order valence-electron chi connectivity index (χ1n) is 5.62. The molecular weight excluding hydrogens is 224 g/mol. The molecule has 0 unspecified atom stereocenters. The lowest BCUT2D eigenvalue weighted by molar-refractivity contribution is -0.111. The molecule has 1 aromatic rings. The van der Waals surface area contributed by atoms with E-state index in [9.17, 15) is 4.79 Å². The van der Waals surface area contributed by atoms with Crippen molar-refractivity contribution in [3.63, 3.8) is 0 Å². The molecule has 0 amide bonds. The molecule has 0 bridgehead atoms. The van der Waals surface area contributed by atoms with Gasteiger partial charge in [-0.15, -0.1) is 0 Å². The third kappa shape index (κ3) is 3.94. The Balaban J connectivity index is 2.87. The molecule has 0 fully saturated rings. The Kier molecular flexibility index (Phi) is 5.45. The van der Waals surface area contributed by atoms with Gasteiger partial charge in [0.25, 0.3) is 0 Å². The summed E-state index contributed by atoms with van der Waals surface area (Å²) in [5, 5.41) is 7.05. The van der Waals surface area contributed by atoms with Crippen LogP contribution in [0.25, 0.3) is 6.08 Å². The van der Waals surface area contributed by atoms with Crippen LogP contribution in [0.5, 0.6) is 0 Å². The van der Waals surface area contributed by atoms with Crippen LogP contribution in [0.2, 0.25) is 0 Å². The van der Waals surface area contributed by atoms with Gasteiger partial charge in [-0.3, -0.25) is 9.78 Å². The lowest BCUT2D eigenvalue weighted by Gasteiger charge is -2.02. The average Bonchev–Trinajstić information content (AvgIpc) is 2.39. The molecule has 0 radical (unpaired) electrons. The molecule has 1 heterocycles. The van der Waals surface area contributed by atoms with E-state index in [1.54, 1.807) is 18.5 Å². The van der Waals surface area contributed by atoms with Crippen molar-refractivity contribution in [1.29, 1.82) is 5.41 Å². The van der Waals surface area contributed by atoms with Crippen LogP contribution in [-0.2, 0) is 4.79 Å². The smallest absolute Gasteiger partial charge is 0.185 e. The van der Waals surface area contributed by atoms with E-state index in [0.717, 1.165) is 11.1 Å². The van der Waals surface area contributed by atoms with Gasteiger partial charge in [0.2, 0.25) is 0 Å². The molecule has 3 heteroatoms. The van der Waals surface area contributed by atoms with Gasteiger partial charge in [0.05, 0.1) is 0 Å². The highest BCUT2D eigenvalue weighted by Gasteiger charge is 2.05. The Morgan fingerprint density at radius 3 is 2.89 bits per heavy atom. The van der Waals surface area contributed by atoms with Crippen molar-refractivity contribution >= 4 is 18.1 Å². The fourth-order valence-corrected chi connectivity index (χ4v) is 1.48. The van der Waals surface area contributed by atoms with Crippen LogP contribution < -0.4 is 0 Å². The normalized spacial score (nSPS) is 12.1. The molecule has 0 aliphatic heterocycles. The number of ketones is 1. The number of hydrogen-bond donors (Lipinski definition) is 1. The number of rotatable bonds is 6. The third-order valence-corrected chi connectivity index (χ3v) is 2.45. The summed E-state index contributed by atoms with van der Waals surface area (Å²) in [5.74, 6) is -0.104. The van der Waals surface area contributed by atoms with E-state index < -0.39 is 0 Å². The van der Waals surface area contributed by atoms with E-state index in [-0.39, 0.29) is 5.78 Å². The van der Waals surface area contributed by atoms with Crippen molar-refractivity contribution < 1.29 is 4.79 Å². The maximum Gasteiger partial charge on any atom is 0.185 e. The minimum atomic E-state index is -0.104. The highest BCUT2D eigenvalue weighted by Crippen LogP contribution is 2.11. The van der Waals surface area contributed by atoms with E-state index in [4.69, 9.17) is 5.41 Å². The Labute approximate surface area is 107 Å². The molecule has 0 aromatic carbocycles. The third-order valence-electron chi connectivity index (χ3n) is 2.45. The summed E-state index contributed by atoms with van der Waals surface area (Å²) >= 11 is 0. The van der Waals surface area contributed by atoms with Crippen LogP contribution in [0.4, 0.5) is 0 Å². The summed E-state index contributed by atoms with van der Waals surface area (Å²) < 4.78 is 0. The van der Waals surface area contributed by atoms with Crippen molar-refractivity contribution in [3.8, 4) is 0 Å². The molecule has 0 atom stereocenters. The summed E-state index contributed by atoms with van der Waals surface area (Å²) in [6.45, 7) is 5.47. The van der Waals surface area contributed by atoms with Crippen LogP contribution in [-0.4, -0.2) is 17.0 Å². The van der Waals surface area contributed by atoms with Crippen LogP contribution in [0.3, 0.4) is 0 Å². The maximum atomic E-state index is 12.0. The van der Waals surface area contributed by atoms with E-state index in [2.05, 4.69) is 11.6 Å². The quantitative estimate of drug-likeness (QED) is 0.471. The van der Waals surface area contributed by atoms with Gasteiger partial charge in [-0.25, -0.2) is 0 Å².